The van der Waals surface area contributed by atoms with Crippen molar-refractivity contribution in [3.8, 4) is 0 Å². The molecule has 0 radical (unpaired) electrons. The number of hydrogen-bond acceptors (Lipinski definition) is 4. The summed E-state index contributed by atoms with van der Waals surface area (Å²) in [6.07, 6.45) is 1.02. The van der Waals surface area contributed by atoms with E-state index in [-0.39, 0.29) is 11.8 Å². The Morgan fingerprint density at radius 3 is 2.31 bits per heavy atom. The largest absolute Gasteiger partial charge is 0.368 e. The van der Waals surface area contributed by atoms with Gasteiger partial charge in [-0.1, -0.05) is 41.9 Å². The molecule has 2 aromatic carbocycles. The monoisotopic (exact) mass is 491 g/mol. The summed E-state index contributed by atoms with van der Waals surface area (Å²) >= 11 is 5.98. The molecule has 5 rings (SSSR count). The molecule has 3 aromatic rings. The Labute approximate surface area is 210 Å². The van der Waals surface area contributed by atoms with Gasteiger partial charge in [-0.05, 0) is 36.8 Å². The summed E-state index contributed by atoms with van der Waals surface area (Å²) in [4.78, 5) is 32.7. The van der Waals surface area contributed by atoms with Crippen molar-refractivity contribution in [2.24, 2.45) is 0 Å². The number of aryl methyl sites for hydroxylation is 1. The molecular weight excluding hydrogens is 462 g/mol. The fraction of sp³-hybridized carbons (Fsp3) is 0.370. The van der Waals surface area contributed by atoms with Gasteiger partial charge in [0.15, 0.2) is 5.69 Å². The molecule has 0 atom stereocenters. The van der Waals surface area contributed by atoms with Crippen LogP contribution in [0.5, 0.6) is 0 Å². The second-order valence-electron chi connectivity index (χ2n) is 9.07. The number of rotatable bonds is 5. The first-order valence-electron chi connectivity index (χ1n) is 12.2. The Bertz CT molecular complexity index is 1200. The molecule has 35 heavy (non-hydrogen) atoms. The number of hydrogen-bond donors (Lipinski definition) is 0. The number of nitrogens with zero attached hydrogens (tertiary/aromatic N) is 5. The van der Waals surface area contributed by atoms with Crippen LogP contribution in [0.3, 0.4) is 0 Å². The number of anilines is 1. The smallest absolute Gasteiger partial charge is 0.274 e. The first-order chi connectivity index (χ1) is 17.0. The number of halogens is 1. The lowest BCUT2D eigenvalue weighted by Crippen LogP contribution is -2.49. The predicted molar refractivity (Wildman–Crippen MR) is 137 cm³/mol. The lowest BCUT2D eigenvalue weighted by molar-refractivity contribution is -0.131. The maximum Gasteiger partial charge on any atom is 0.274 e. The topological polar surface area (TPSA) is 61.7 Å². The first kappa shape index (κ1) is 23.4. The molecule has 7 nitrogen and oxygen atoms in total. The van der Waals surface area contributed by atoms with Gasteiger partial charge in [0.2, 0.25) is 5.91 Å². The van der Waals surface area contributed by atoms with Crippen LogP contribution in [-0.2, 0) is 30.7 Å². The van der Waals surface area contributed by atoms with Gasteiger partial charge < -0.3 is 14.7 Å². The molecule has 2 aliphatic heterocycles. The van der Waals surface area contributed by atoms with E-state index in [1.165, 1.54) is 5.69 Å². The Morgan fingerprint density at radius 1 is 0.914 bits per heavy atom. The number of benzene rings is 2. The quantitative estimate of drug-likeness (QED) is 0.546. The molecule has 0 bridgehead atoms. The van der Waals surface area contributed by atoms with E-state index in [1.54, 1.807) is 12.1 Å². The molecule has 1 saturated heterocycles. The molecule has 3 heterocycles. The minimum atomic E-state index is -0.0341. The van der Waals surface area contributed by atoms with Gasteiger partial charge >= 0.3 is 0 Å². The number of fused-ring (bicyclic) bond motifs is 1. The minimum Gasteiger partial charge on any atom is -0.368 e. The van der Waals surface area contributed by atoms with Crippen molar-refractivity contribution < 1.29 is 9.59 Å². The number of amides is 2. The van der Waals surface area contributed by atoms with Gasteiger partial charge in [0.1, 0.15) is 0 Å². The molecule has 2 amide bonds. The summed E-state index contributed by atoms with van der Waals surface area (Å²) in [5.74, 6) is 0.0188. The fourth-order valence-corrected chi connectivity index (χ4v) is 5.11. The zero-order valence-corrected chi connectivity index (χ0v) is 20.7. The number of carbonyl (C=O) groups excluding carboxylic acids is 2. The number of piperazine rings is 1. The lowest BCUT2D eigenvalue weighted by Gasteiger charge is -2.36. The third kappa shape index (κ3) is 4.91. The van der Waals surface area contributed by atoms with Gasteiger partial charge in [0, 0.05) is 74.2 Å². The molecule has 0 N–H and O–H groups in total. The molecule has 1 fully saturated rings. The lowest BCUT2D eigenvalue weighted by atomic mass is 10.0. The van der Waals surface area contributed by atoms with Crippen molar-refractivity contribution in [3.05, 3.63) is 82.1 Å². The van der Waals surface area contributed by atoms with Crippen LogP contribution in [0, 0.1) is 0 Å². The molecule has 8 heteroatoms. The van der Waals surface area contributed by atoms with Crippen molar-refractivity contribution >= 4 is 29.1 Å². The third-order valence-corrected chi connectivity index (χ3v) is 7.20. The van der Waals surface area contributed by atoms with Gasteiger partial charge in [0.05, 0.1) is 6.42 Å². The highest BCUT2D eigenvalue weighted by atomic mass is 35.5. The van der Waals surface area contributed by atoms with Crippen LogP contribution in [0.25, 0.3) is 0 Å². The summed E-state index contributed by atoms with van der Waals surface area (Å²) < 4.78 is 1.93. The number of carbonyl (C=O) groups is 2. The van der Waals surface area contributed by atoms with Crippen molar-refractivity contribution in [2.45, 2.75) is 32.9 Å². The zero-order chi connectivity index (χ0) is 24.4. The van der Waals surface area contributed by atoms with E-state index >= 15 is 0 Å². The second kappa shape index (κ2) is 10.1. The van der Waals surface area contributed by atoms with Gasteiger partial charge in [-0.3, -0.25) is 14.3 Å². The van der Waals surface area contributed by atoms with E-state index in [0.29, 0.717) is 56.3 Å². The normalized spacial score (nSPS) is 15.8. The van der Waals surface area contributed by atoms with Crippen LogP contribution in [0.2, 0.25) is 5.02 Å². The average molecular weight is 492 g/mol. The van der Waals surface area contributed by atoms with E-state index in [9.17, 15) is 9.59 Å². The zero-order valence-electron chi connectivity index (χ0n) is 20.0. The van der Waals surface area contributed by atoms with Crippen LogP contribution in [-0.4, -0.2) is 64.1 Å². The predicted octanol–water partition coefficient (Wildman–Crippen LogP) is 3.65. The highest BCUT2D eigenvalue weighted by Gasteiger charge is 2.32. The van der Waals surface area contributed by atoms with Gasteiger partial charge in [-0.2, -0.15) is 5.10 Å². The van der Waals surface area contributed by atoms with E-state index < -0.39 is 0 Å². The Hall–Kier alpha value is -3.32. The van der Waals surface area contributed by atoms with Gasteiger partial charge in [-0.15, -0.1) is 0 Å². The van der Waals surface area contributed by atoms with Crippen LogP contribution in [0.1, 0.15) is 34.2 Å². The standard InChI is InChI=1S/C27H30ClN5O2/c1-2-33-24-12-13-32(25(34)18-20-8-10-21(28)11-9-20)19-23(24)26(29-33)27(35)31-16-14-30(15-17-31)22-6-4-3-5-7-22/h3-11H,2,12-19H2,1H3. The van der Waals surface area contributed by atoms with E-state index in [1.807, 2.05) is 51.7 Å². The van der Waals surface area contributed by atoms with Crippen LogP contribution in [0.4, 0.5) is 5.69 Å². The summed E-state index contributed by atoms with van der Waals surface area (Å²) in [7, 11) is 0. The summed E-state index contributed by atoms with van der Waals surface area (Å²) in [6.45, 7) is 6.69. The fourth-order valence-electron chi connectivity index (χ4n) is 4.98. The number of aromatic nitrogens is 2. The maximum absolute atomic E-state index is 13.6. The number of para-hydroxylation sites is 1. The van der Waals surface area contributed by atoms with Crippen LogP contribution in [0.15, 0.2) is 54.6 Å². The van der Waals surface area contributed by atoms with Crippen LogP contribution < -0.4 is 4.90 Å². The Balaban J connectivity index is 1.29. The third-order valence-electron chi connectivity index (χ3n) is 6.95. The second-order valence-corrected chi connectivity index (χ2v) is 9.51. The molecule has 182 valence electrons. The molecule has 2 aliphatic rings. The minimum absolute atomic E-state index is 0.0341. The highest BCUT2D eigenvalue weighted by Crippen LogP contribution is 2.26. The SMILES string of the molecule is CCn1nc(C(=O)N2CCN(c3ccccc3)CC2)c2c1CCN(C(=O)Cc1ccc(Cl)cc1)C2. The van der Waals surface area contributed by atoms with E-state index in [4.69, 9.17) is 16.7 Å². The molecular formula is C27H30ClN5O2. The van der Waals surface area contributed by atoms with Crippen molar-refractivity contribution in [1.82, 2.24) is 19.6 Å². The van der Waals surface area contributed by atoms with Crippen molar-refractivity contribution in [1.29, 1.82) is 0 Å². The molecule has 0 saturated carbocycles. The highest BCUT2D eigenvalue weighted by molar-refractivity contribution is 6.30. The Kier molecular flexibility index (Phi) is 6.77. The molecule has 0 aliphatic carbocycles. The van der Waals surface area contributed by atoms with Crippen LogP contribution >= 0.6 is 11.6 Å². The first-order valence-corrected chi connectivity index (χ1v) is 12.6. The summed E-state index contributed by atoms with van der Waals surface area (Å²) in [6, 6.07) is 17.7. The van der Waals surface area contributed by atoms with Gasteiger partial charge in [0.25, 0.3) is 5.91 Å². The Morgan fingerprint density at radius 2 is 1.63 bits per heavy atom. The van der Waals surface area contributed by atoms with E-state index in [2.05, 4.69) is 17.0 Å². The molecule has 0 spiro atoms. The average Bonchev–Trinajstić information content (AvgIpc) is 3.28. The molecule has 0 unspecified atom stereocenters. The molecule has 1 aromatic heterocycles. The van der Waals surface area contributed by atoms with Crippen molar-refractivity contribution in [2.75, 3.05) is 37.6 Å². The van der Waals surface area contributed by atoms with Gasteiger partial charge in [-0.25, -0.2) is 0 Å². The summed E-state index contributed by atoms with van der Waals surface area (Å²) in [5.41, 5.74) is 4.59. The summed E-state index contributed by atoms with van der Waals surface area (Å²) in [5, 5.41) is 5.37. The maximum atomic E-state index is 13.6. The van der Waals surface area contributed by atoms with Crippen molar-refractivity contribution in [3.63, 3.8) is 0 Å². The van der Waals surface area contributed by atoms with E-state index in [0.717, 1.165) is 29.9 Å².